The maximum absolute atomic E-state index is 11.8. The van der Waals surface area contributed by atoms with Gasteiger partial charge in [-0.05, 0) is 73.9 Å². The fourth-order valence-corrected chi connectivity index (χ4v) is 3.43. The van der Waals surface area contributed by atoms with Gasteiger partial charge in [0.1, 0.15) is 6.10 Å². The van der Waals surface area contributed by atoms with E-state index in [9.17, 15) is 4.79 Å². The minimum atomic E-state index is -2.94. The number of carbonyl (C=O) groups is 1. The molecular formula is C20H27N5O5S. The van der Waals surface area contributed by atoms with Gasteiger partial charge >= 0.3 is 12.2 Å². The van der Waals surface area contributed by atoms with Crippen molar-refractivity contribution in [2.45, 2.75) is 62.2 Å². The first-order chi connectivity index (χ1) is 14.7. The number of amides is 1. The zero-order valence-corrected chi connectivity index (χ0v) is 18.1. The van der Waals surface area contributed by atoms with Crippen LogP contribution in [-0.4, -0.2) is 49.6 Å². The highest BCUT2D eigenvalue weighted by atomic mass is 32.2. The number of benzene rings is 1. The summed E-state index contributed by atoms with van der Waals surface area (Å²) >= 11 is 0.870. The largest absolute Gasteiger partial charge is 0.446 e. The zero-order valence-electron chi connectivity index (χ0n) is 17.3. The molecule has 31 heavy (non-hydrogen) atoms. The lowest BCUT2D eigenvalue weighted by Crippen LogP contribution is -2.40. The van der Waals surface area contributed by atoms with Crippen LogP contribution in [0.15, 0.2) is 41.6 Å². The van der Waals surface area contributed by atoms with Crippen LogP contribution >= 0.6 is 11.9 Å². The van der Waals surface area contributed by atoms with Gasteiger partial charge in [-0.2, -0.15) is 4.72 Å². The smallest absolute Gasteiger partial charge is 0.407 e. The lowest BCUT2D eigenvalue weighted by Gasteiger charge is -2.34. The van der Waals surface area contributed by atoms with Crippen molar-refractivity contribution < 1.29 is 24.9 Å². The molecule has 0 bridgehead atoms. The van der Waals surface area contributed by atoms with Crippen molar-refractivity contribution in [3.8, 4) is 0 Å². The topological polar surface area (TPSA) is 149 Å². The molecule has 0 spiro atoms. The Labute approximate surface area is 184 Å². The standard InChI is InChI=1S/C20H27N5O5S/c1-3-12(2)23-19(26)30-16-8-13(9-16)14-10-21-18(22-11-14)24-15-4-6-17(7-5-15)31-25-20(27,28)29/h4-7,10-13,16,25,27-29H,3,8-9H2,1-2H3,(H,23,26)(H,21,22,24). The number of rotatable bonds is 9. The first kappa shape index (κ1) is 23.2. The maximum atomic E-state index is 11.8. The Hall–Kier alpha value is -2.44. The van der Waals surface area contributed by atoms with Crippen molar-refractivity contribution in [2.75, 3.05) is 5.32 Å². The molecule has 11 heteroatoms. The second-order valence-electron chi connectivity index (χ2n) is 7.48. The Morgan fingerprint density at radius 2 is 1.87 bits per heavy atom. The van der Waals surface area contributed by atoms with Gasteiger partial charge < -0.3 is 30.7 Å². The Balaban J connectivity index is 1.44. The molecule has 1 atom stereocenters. The summed E-state index contributed by atoms with van der Waals surface area (Å²) < 4.78 is 7.47. The van der Waals surface area contributed by atoms with Gasteiger partial charge in [0.2, 0.25) is 5.95 Å². The molecule has 10 nitrogen and oxygen atoms in total. The van der Waals surface area contributed by atoms with Crippen LogP contribution < -0.4 is 15.4 Å². The molecule has 6 N–H and O–H groups in total. The first-order valence-corrected chi connectivity index (χ1v) is 10.8. The molecular weight excluding hydrogens is 422 g/mol. The summed E-state index contributed by atoms with van der Waals surface area (Å²) in [6, 6.07) is 7.10. The highest BCUT2D eigenvalue weighted by molar-refractivity contribution is 7.97. The SMILES string of the molecule is CCC(C)NC(=O)OC1CC(c2cnc(Nc3ccc(SNC(O)(O)O)cc3)nc2)C1. The molecule has 0 saturated heterocycles. The fourth-order valence-electron chi connectivity index (χ4n) is 2.90. The number of carbonyl (C=O) groups excluding carboxylic acids is 1. The molecule has 1 unspecified atom stereocenters. The number of hydrogen-bond acceptors (Lipinski definition) is 10. The average Bonchev–Trinajstić information content (AvgIpc) is 2.70. The van der Waals surface area contributed by atoms with Crippen LogP contribution in [0.4, 0.5) is 16.4 Å². The van der Waals surface area contributed by atoms with Gasteiger partial charge in [-0.25, -0.2) is 14.8 Å². The van der Waals surface area contributed by atoms with E-state index in [-0.39, 0.29) is 24.2 Å². The molecule has 1 aliphatic rings. The normalized spacial score (nSPS) is 19.3. The number of nitrogens with one attached hydrogen (secondary N) is 3. The van der Waals surface area contributed by atoms with E-state index in [2.05, 4.69) is 25.3 Å². The van der Waals surface area contributed by atoms with Crippen LogP contribution in [0, 0.1) is 0 Å². The molecule has 1 aromatic heterocycles. The van der Waals surface area contributed by atoms with Gasteiger partial charge in [-0.15, -0.1) is 0 Å². The Morgan fingerprint density at radius 1 is 1.23 bits per heavy atom. The monoisotopic (exact) mass is 449 g/mol. The van der Waals surface area contributed by atoms with Crippen LogP contribution in [0.5, 0.6) is 0 Å². The molecule has 1 fully saturated rings. The third-order valence-electron chi connectivity index (χ3n) is 4.90. The molecule has 0 aliphatic heterocycles. The van der Waals surface area contributed by atoms with Crippen LogP contribution in [0.25, 0.3) is 0 Å². The quantitative estimate of drug-likeness (QED) is 0.248. The van der Waals surface area contributed by atoms with E-state index < -0.39 is 6.10 Å². The minimum Gasteiger partial charge on any atom is -0.446 e. The summed E-state index contributed by atoms with van der Waals surface area (Å²) in [5.74, 6) is 0.721. The predicted octanol–water partition coefficient (Wildman–Crippen LogP) is 2.18. The van der Waals surface area contributed by atoms with Crippen molar-refractivity contribution in [1.29, 1.82) is 0 Å². The van der Waals surface area contributed by atoms with Gasteiger partial charge in [0.15, 0.2) is 0 Å². The molecule has 3 rings (SSSR count). The number of anilines is 2. The molecule has 1 aromatic carbocycles. The summed E-state index contributed by atoms with van der Waals surface area (Å²) in [6.07, 6.45) is 2.53. The molecule has 1 aliphatic carbocycles. The van der Waals surface area contributed by atoms with E-state index >= 15 is 0 Å². The van der Waals surface area contributed by atoms with E-state index in [1.165, 1.54) is 0 Å². The van der Waals surface area contributed by atoms with Crippen molar-refractivity contribution in [3.05, 3.63) is 42.2 Å². The van der Waals surface area contributed by atoms with E-state index in [1.54, 1.807) is 36.7 Å². The average molecular weight is 450 g/mol. The highest BCUT2D eigenvalue weighted by Crippen LogP contribution is 2.38. The van der Waals surface area contributed by atoms with Gasteiger partial charge in [0.25, 0.3) is 0 Å². The number of alkyl carbamates (subject to hydrolysis) is 1. The summed E-state index contributed by atoms with van der Waals surface area (Å²) in [5, 5.41) is 32.4. The first-order valence-electron chi connectivity index (χ1n) is 9.99. The van der Waals surface area contributed by atoms with Crippen molar-refractivity contribution >= 4 is 29.7 Å². The van der Waals surface area contributed by atoms with Crippen molar-refractivity contribution in [2.24, 2.45) is 0 Å². The van der Waals surface area contributed by atoms with Crippen LogP contribution in [0.3, 0.4) is 0 Å². The number of ether oxygens (including phenoxy) is 1. The van der Waals surface area contributed by atoms with Gasteiger partial charge in [0, 0.05) is 29.0 Å². The molecule has 0 radical (unpaired) electrons. The minimum absolute atomic E-state index is 0.0783. The van der Waals surface area contributed by atoms with Crippen molar-refractivity contribution in [3.63, 3.8) is 0 Å². The van der Waals surface area contributed by atoms with Gasteiger partial charge in [-0.3, -0.25) is 0 Å². The number of hydrogen-bond donors (Lipinski definition) is 6. The molecule has 168 valence electrons. The summed E-state index contributed by atoms with van der Waals surface area (Å²) in [7, 11) is 0. The number of aromatic nitrogens is 2. The summed E-state index contributed by atoms with van der Waals surface area (Å²) in [5.41, 5.74) is 1.76. The molecule has 1 amide bonds. The molecule has 1 heterocycles. The van der Waals surface area contributed by atoms with Crippen molar-refractivity contribution in [1.82, 2.24) is 20.0 Å². The Morgan fingerprint density at radius 3 is 2.45 bits per heavy atom. The number of aliphatic hydroxyl groups is 3. The van der Waals surface area contributed by atoms with E-state index in [4.69, 9.17) is 20.1 Å². The Bertz CT molecular complexity index is 854. The van der Waals surface area contributed by atoms with Gasteiger partial charge in [-0.1, -0.05) is 6.92 Å². The number of nitrogens with zero attached hydrogens (tertiary/aromatic N) is 2. The third-order valence-corrected chi connectivity index (χ3v) is 5.79. The molecule has 2 aromatic rings. The third kappa shape index (κ3) is 7.33. The van der Waals surface area contributed by atoms with E-state index in [0.717, 1.165) is 42.5 Å². The second-order valence-corrected chi connectivity index (χ2v) is 8.36. The van der Waals surface area contributed by atoms with Gasteiger partial charge in [0.05, 0.1) is 0 Å². The molecule has 1 saturated carbocycles. The maximum Gasteiger partial charge on any atom is 0.407 e. The second kappa shape index (κ2) is 10.2. The summed E-state index contributed by atoms with van der Waals surface area (Å²) in [6.45, 7) is 3.95. The van der Waals surface area contributed by atoms with E-state index in [0.29, 0.717) is 10.8 Å². The van der Waals surface area contributed by atoms with Crippen LogP contribution in [-0.2, 0) is 4.74 Å². The summed E-state index contributed by atoms with van der Waals surface area (Å²) in [4.78, 5) is 21.1. The van der Waals surface area contributed by atoms with Crippen LogP contribution in [0.2, 0.25) is 0 Å². The fraction of sp³-hybridized carbons (Fsp3) is 0.450. The Kier molecular flexibility index (Phi) is 7.68. The van der Waals surface area contributed by atoms with Crippen LogP contribution in [0.1, 0.15) is 44.6 Å². The lowest BCUT2D eigenvalue weighted by molar-refractivity contribution is -0.317. The predicted molar refractivity (Wildman–Crippen MR) is 115 cm³/mol. The lowest BCUT2D eigenvalue weighted by atomic mass is 9.78. The highest BCUT2D eigenvalue weighted by Gasteiger charge is 2.33. The van der Waals surface area contributed by atoms with E-state index in [1.807, 2.05) is 13.8 Å². The zero-order chi connectivity index (χ0) is 22.4.